The van der Waals surface area contributed by atoms with E-state index in [1.807, 2.05) is 6.07 Å². The first-order valence-corrected chi connectivity index (χ1v) is 9.95. The Kier molecular flexibility index (Phi) is 4.89. The molecule has 3 rings (SSSR count). The first-order chi connectivity index (χ1) is 11.5. The van der Waals surface area contributed by atoms with Gasteiger partial charge in [-0.1, -0.05) is 6.07 Å². The number of amides is 1. The summed E-state index contributed by atoms with van der Waals surface area (Å²) in [5, 5.41) is 13.4. The molecule has 1 fully saturated rings. The van der Waals surface area contributed by atoms with E-state index in [4.69, 9.17) is 10.00 Å². The van der Waals surface area contributed by atoms with Crippen LogP contribution in [-0.2, 0) is 19.6 Å². The van der Waals surface area contributed by atoms with E-state index in [1.54, 1.807) is 17.5 Å². The third-order valence-electron chi connectivity index (χ3n) is 4.16. The second kappa shape index (κ2) is 6.93. The van der Waals surface area contributed by atoms with E-state index in [2.05, 4.69) is 5.32 Å². The van der Waals surface area contributed by atoms with Crippen LogP contribution < -0.4 is 5.32 Å². The van der Waals surface area contributed by atoms with Crippen LogP contribution >= 0.6 is 11.3 Å². The van der Waals surface area contributed by atoms with Crippen molar-refractivity contribution in [1.82, 2.24) is 9.62 Å². The minimum absolute atomic E-state index is 0.215. The minimum Gasteiger partial charge on any atom is -0.478 e. The minimum atomic E-state index is -3.46. The number of hydrogen-bond donors (Lipinski definition) is 1. The average Bonchev–Trinajstić information content (AvgIpc) is 3.26. The fraction of sp³-hybridized carbons (Fsp3) is 0.467. The van der Waals surface area contributed by atoms with Crippen molar-refractivity contribution in [3.63, 3.8) is 0 Å². The maximum absolute atomic E-state index is 12.5. The largest absolute Gasteiger partial charge is 0.478 e. The lowest BCUT2D eigenvalue weighted by Gasteiger charge is -2.30. The zero-order chi connectivity index (χ0) is 17.2. The summed E-state index contributed by atoms with van der Waals surface area (Å²) in [6.45, 7) is 1.02. The van der Waals surface area contributed by atoms with Crippen LogP contribution in [0.4, 0.5) is 0 Å². The zero-order valence-corrected chi connectivity index (χ0v) is 14.5. The van der Waals surface area contributed by atoms with Crippen molar-refractivity contribution in [1.29, 1.82) is 5.26 Å². The van der Waals surface area contributed by atoms with Crippen molar-refractivity contribution in [2.45, 2.75) is 23.5 Å². The first-order valence-electron chi connectivity index (χ1n) is 7.63. The summed E-state index contributed by atoms with van der Waals surface area (Å²) in [6.07, 6.45) is 1.40. The molecule has 0 aliphatic carbocycles. The maximum Gasteiger partial charge on any atom is 0.252 e. The van der Waals surface area contributed by atoms with Gasteiger partial charge in [-0.2, -0.15) is 9.57 Å². The van der Waals surface area contributed by atoms with Crippen molar-refractivity contribution < 1.29 is 17.9 Å². The number of hydrogen-bond acceptors (Lipinski definition) is 6. The molecule has 1 aromatic heterocycles. The van der Waals surface area contributed by atoms with E-state index in [0.717, 1.165) is 0 Å². The predicted octanol–water partition coefficient (Wildman–Crippen LogP) is 1.42. The molecule has 1 N–H and O–H groups in total. The van der Waals surface area contributed by atoms with E-state index in [-0.39, 0.29) is 17.7 Å². The summed E-state index contributed by atoms with van der Waals surface area (Å²) in [4.78, 5) is 12.3. The van der Waals surface area contributed by atoms with Crippen LogP contribution in [-0.4, -0.2) is 38.3 Å². The summed E-state index contributed by atoms with van der Waals surface area (Å²) in [6, 6.07) is 5.32. The Balaban J connectivity index is 1.59. The molecular weight excluding hydrogens is 350 g/mol. The molecule has 2 aliphatic rings. The molecule has 2 aliphatic heterocycles. The van der Waals surface area contributed by atoms with Crippen LogP contribution in [0.2, 0.25) is 0 Å². The molecule has 0 radical (unpaired) electrons. The molecule has 0 spiro atoms. The van der Waals surface area contributed by atoms with E-state index < -0.39 is 10.0 Å². The Morgan fingerprint density at radius 2 is 2.17 bits per heavy atom. The average molecular weight is 367 g/mol. The number of nitrogens with zero attached hydrogens (tertiary/aromatic N) is 2. The van der Waals surface area contributed by atoms with Crippen LogP contribution in [0.3, 0.4) is 0 Å². The SMILES string of the molecule is N#CC1=C(NC(=O)C2CCN(S(=O)(=O)c3cccs3)CC2)OCC1. The fourth-order valence-electron chi connectivity index (χ4n) is 2.78. The number of carbonyl (C=O) groups excluding carboxylic acids is 1. The van der Waals surface area contributed by atoms with Crippen molar-refractivity contribution >= 4 is 27.3 Å². The standard InChI is InChI=1S/C15H17N3O4S2/c16-10-12-5-8-22-15(12)17-14(19)11-3-6-18(7-4-11)24(20,21)13-2-1-9-23-13/h1-2,9,11H,3-8H2,(H,17,19). The number of nitriles is 1. The lowest BCUT2D eigenvalue weighted by molar-refractivity contribution is -0.126. The highest BCUT2D eigenvalue weighted by molar-refractivity contribution is 7.91. The number of nitrogens with one attached hydrogen (secondary N) is 1. The molecule has 128 valence electrons. The third kappa shape index (κ3) is 3.31. The van der Waals surface area contributed by atoms with Crippen molar-refractivity contribution in [2.75, 3.05) is 19.7 Å². The van der Waals surface area contributed by atoms with E-state index in [9.17, 15) is 13.2 Å². The molecule has 9 heteroatoms. The number of ether oxygens (including phenoxy) is 1. The molecule has 3 heterocycles. The summed E-state index contributed by atoms with van der Waals surface area (Å²) >= 11 is 1.19. The quantitative estimate of drug-likeness (QED) is 0.868. The molecule has 0 bridgehead atoms. The van der Waals surface area contributed by atoms with Crippen LogP contribution in [0.5, 0.6) is 0 Å². The lowest BCUT2D eigenvalue weighted by atomic mass is 9.97. The lowest BCUT2D eigenvalue weighted by Crippen LogP contribution is -2.42. The first kappa shape index (κ1) is 17.0. The highest BCUT2D eigenvalue weighted by Crippen LogP contribution is 2.27. The molecule has 1 saturated heterocycles. The van der Waals surface area contributed by atoms with Gasteiger partial charge in [-0.15, -0.1) is 11.3 Å². The molecule has 1 amide bonds. The Bertz CT molecular complexity index is 785. The summed E-state index contributed by atoms with van der Waals surface area (Å²) in [5.74, 6) is -0.250. The summed E-state index contributed by atoms with van der Waals surface area (Å²) < 4.78 is 31.9. The Labute approximate surface area is 144 Å². The van der Waals surface area contributed by atoms with Gasteiger partial charge in [-0.25, -0.2) is 8.42 Å². The summed E-state index contributed by atoms with van der Waals surface area (Å²) in [5.41, 5.74) is 0.445. The third-order valence-corrected chi connectivity index (χ3v) is 7.43. The second-order valence-electron chi connectivity index (χ2n) is 5.62. The number of piperidine rings is 1. The van der Waals surface area contributed by atoms with Crippen molar-refractivity contribution in [2.24, 2.45) is 5.92 Å². The van der Waals surface area contributed by atoms with E-state index >= 15 is 0 Å². The van der Waals surface area contributed by atoms with Crippen LogP contribution in [0.15, 0.2) is 33.2 Å². The highest BCUT2D eigenvalue weighted by Gasteiger charge is 2.33. The van der Waals surface area contributed by atoms with Gasteiger partial charge >= 0.3 is 0 Å². The van der Waals surface area contributed by atoms with Gasteiger partial charge < -0.3 is 4.74 Å². The predicted molar refractivity (Wildman–Crippen MR) is 87.2 cm³/mol. The van der Waals surface area contributed by atoms with E-state index in [0.29, 0.717) is 48.7 Å². The Morgan fingerprint density at radius 1 is 1.42 bits per heavy atom. The van der Waals surface area contributed by atoms with Crippen LogP contribution in [0.1, 0.15) is 19.3 Å². The van der Waals surface area contributed by atoms with Gasteiger partial charge in [0.1, 0.15) is 10.3 Å². The topological polar surface area (TPSA) is 99.5 Å². The summed E-state index contributed by atoms with van der Waals surface area (Å²) in [7, 11) is -3.46. The van der Waals surface area contributed by atoms with E-state index in [1.165, 1.54) is 15.6 Å². The highest BCUT2D eigenvalue weighted by atomic mass is 32.2. The monoisotopic (exact) mass is 367 g/mol. The second-order valence-corrected chi connectivity index (χ2v) is 8.73. The molecule has 1 aromatic rings. The molecule has 24 heavy (non-hydrogen) atoms. The van der Waals surface area contributed by atoms with Gasteiger partial charge in [0.2, 0.25) is 11.8 Å². The van der Waals surface area contributed by atoms with Crippen molar-refractivity contribution in [3.8, 4) is 6.07 Å². The van der Waals surface area contributed by atoms with Gasteiger partial charge in [0, 0.05) is 25.4 Å². The number of thiophene rings is 1. The molecule has 0 atom stereocenters. The van der Waals surface area contributed by atoms with Crippen LogP contribution in [0, 0.1) is 17.2 Å². The molecule has 0 unspecified atom stereocenters. The Hall–Kier alpha value is -1.89. The number of sulfonamides is 1. The molecule has 0 aromatic carbocycles. The molecule has 7 nitrogen and oxygen atoms in total. The molecule has 0 saturated carbocycles. The van der Waals surface area contributed by atoms with Crippen LogP contribution in [0.25, 0.3) is 0 Å². The fourth-order valence-corrected chi connectivity index (χ4v) is 5.40. The van der Waals surface area contributed by atoms with Gasteiger partial charge in [0.05, 0.1) is 12.2 Å². The van der Waals surface area contributed by atoms with Gasteiger partial charge in [0.15, 0.2) is 0 Å². The van der Waals surface area contributed by atoms with Crippen molar-refractivity contribution in [3.05, 3.63) is 29.0 Å². The normalized spacial score (nSPS) is 19.8. The van der Waals surface area contributed by atoms with Gasteiger partial charge in [-0.3, -0.25) is 10.1 Å². The smallest absolute Gasteiger partial charge is 0.252 e. The maximum atomic E-state index is 12.5. The molecular formula is C15H17N3O4S2. The number of carbonyl (C=O) groups is 1. The Morgan fingerprint density at radius 3 is 2.79 bits per heavy atom. The van der Waals surface area contributed by atoms with Gasteiger partial charge in [-0.05, 0) is 24.3 Å². The zero-order valence-electron chi connectivity index (χ0n) is 12.9. The number of rotatable bonds is 4. The van der Waals surface area contributed by atoms with Gasteiger partial charge in [0.25, 0.3) is 10.0 Å².